The van der Waals surface area contributed by atoms with Crippen LogP contribution in [0.25, 0.3) is 28.0 Å². The fraction of sp³-hybridized carbons (Fsp3) is 0.351. The van der Waals surface area contributed by atoms with Crippen LogP contribution in [-0.2, 0) is 23.1 Å². The van der Waals surface area contributed by atoms with Crippen molar-refractivity contribution in [3.8, 4) is 16.9 Å². The molecule has 0 amide bonds. The molecule has 1 aliphatic rings. The van der Waals surface area contributed by atoms with Crippen LogP contribution < -0.4 is 22.5 Å². The fourth-order valence-corrected chi connectivity index (χ4v) is 8.51. The van der Waals surface area contributed by atoms with Gasteiger partial charge in [0.15, 0.2) is 0 Å². The lowest BCUT2D eigenvalue weighted by Crippen LogP contribution is -2.45. The maximum atomic E-state index is 14.1. The van der Waals surface area contributed by atoms with Crippen LogP contribution >= 0.6 is 23.2 Å². The molecule has 1 fully saturated rings. The Morgan fingerprint density at radius 1 is 0.843 bits per heavy atom. The van der Waals surface area contributed by atoms with E-state index >= 15 is 0 Å². The summed E-state index contributed by atoms with van der Waals surface area (Å²) < 4.78 is 31.4. The number of H-pyrrole nitrogens is 1. The number of aromatic amines is 1. The van der Waals surface area contributed by atoms with Crippen molar-refractivity contribution in [3.05, 3.63) is 111 Å². The Labute approximate surface area is 308 Å². The van der Waals surface area contributed by atoms with E-state index in [0.29, 0.717) is 47.3 Å². The first-order chi connectivity index (χ1) is 24.7. The van der Waals surface area contributed by atoms with Crippen molar-refractivity contribution in [3.63, 3.8) is 0 Å². The highest BCUT2D eigenvalue weighted by Crippen LogP contribution is 2.30. The molecule has 2 aromatic heterocycles. The topological polar surface area (TPSA) is 155 Å². The molecule has 11 nitrogen and oxygen atoms in total. The van der Waals surface area contributed by atoms with Gasteiger partial charge in [0.1, 0.15) is 5.65 Å². The number of rotatable bonds is 15. The molecule has 0 atom stereocenters. The van der Waals surface area contributed by atoms with Gasteiger partial charge >= 0.3 is 5.69 Å². The van der Waals surface area contributed by atoms with Gasteiger partial charge in [0.2, 0.25) is 10.0 Å². The van der Waals surface area contributed by atoms with Crippen LogP contribution in [0.4, 0.5) is 0 Å². The molecule has 1 saturated heterocycles. The predicted octanol–water partition coefficient (Wildman–Crippen LogP) is 5.13. The van der Waals surface area contributed by atoms with Crippen LogP contribution in [0.15, 0.2) is 88.7 Å². The first-order valence-corrected chi connectivity index (χ1v) is 19.5. The fourth-order valence-electron chi connectivity index (χ4n) is 6.52. The highest BCUT2D eigenvalue weighted by molar-refractivity contribution is 7.89. The standard InChI is InChI=1S/C37H44Cl2N8O3S/c38-33-12-5-27(21-34(33)39)24-47(31-13-17-42-18-14-31)51(49,50)32-10-6-28(7-11-32)35-22-29-25-46(37(48)44-36(29)43-35)30-8-3-26(4-9-30)23-45(19-1-15-40)20-2-16-41/h3-12,21-22,25,31,42H,1-2,13-20,23-24,40-41H2,(H,43,44,48). The number of fused-ring (bicyclic) bond motifs is 1. The van der Waals surface area contributed by atoms with Gasteiger partial charge in [-0.25, -0.2) is 13.2 Å². The molecule has 0 spiro atoms. The molecule has 0 unspecified atom stereocenters. The molecule has 51 heavy (non-hydrogen) atoms. The first kappa shape index (κ1) is 37.2. The largest absolute Gasteiger partial charge is 0.354 e. The molecule has 0 radical (unpaired) electrons. The molecule has 0 saturated carbocycles. The zero-order valence-electron chi connectivity index (χ0n) is 28.4. The van der Waals surface area contributed by atoms with Crippen LogP contribution in [0, 0.1) is 0 Å². The van der Waals surface area contributed by atoms with Crippen LogP contribution in [0.2, 0.25) is 10.0 Å². The Bertz CT molecular complexity index is 2090. The second kappa shape index (κ2) is 16.8. The molecule has 1 aliphatic heterocycles. The maximum absolute atomic E-state index is 14.1. The molecule has 270 valence electrons. The van der Waals surface area contributed by atoms with Gasteiger partial charge in [-0.3, -0.25) is 9.47 Å². The SMILES string of the molecule is NCCCN(CCCN)Cc1ccc(-n2cc3cc(-c4ccc(S(=O)(=O)N(Cc5ccc(Cl)c(Cl)c5)C5CCNCC5)cc4)[nH]c3nc2=O)cc1. The number of piperidine rings is 1. The van der Waals surface area contributed by atoms with Crippen LogP contribution in [-0.4, -0.2) is 77.5 Å². The summed E-state index contributed by atoms with van der Waals surface area (Å²) in [6.45, 7) is 5.54. The second-order valence-electron chi connectivity index (χ2n) is 12.9. The summed E-state index contributed by atoms with van der Waals surface area (Å²) in [5.41, 5.74) is 15.6. The van der Waals surface area contributed by atoms with E-state index in [-0.39, 0.29) is 17.5 Å². The van der Waals surface area contributed by atoms with Crippen LogP contribution in [0.3, 0.4) is 0 Å². The number of nitrogens with one attached hydrogen (secondary N) is 2. The summed E-state index contributed by atoms with van der Waals surface area (Å²) in [6, 6.07) is 21.7. The summed E-state index contributed by atoms with van der Waals surface area (Å²) in [7, 11) is -3.86. The minimum Gasteiger partial charge on any atom is -0.339 e. The minimum absolute atomic E-state index is 0.160. The van der Waals surface area contributed by atoms with Gasteiger partial charge in [-0.15, -0.1) is 0 Å². The van der Waals surface area contributed by atoms with Gasteiger partial charge in [0.25, 0.3) is 0 Å². The monoisotopic (exact) mass is 750 g/mol. The van der Waals surface area contributed by atoms with E-state index in [2.05, 4.69) is 20.2 Å². The van der Waals surface area contributed by atoms with Crippen molar-refractivity contribution < 1.29 is 8.42 Å². The van der Waals surface area contributed by atoms with Crippen molar-refractivity contribution in [1.29, 1.82) is 0 Å². The summed E-state index contributed by atoms with van der Waals surface area (Å²) in [5.74, 6) is 0. The van der Waals surface area contributed by atoms with E-state index < -0.39 is 15.7 Å². The van der Waals surface area contributed by atoms with E-state index in [4.69, 9.17) is 34.7 Å². The molecule has 3 aromatic carbocycles. The Morgan fingerprint density at radius 2 is 1.51 bits per heavy atom. The number of nitrogens with zero attached hydrogens (tertiary/aromatic N) is 4. The second-order valence-corrected chi connectivity index (χ2v) is 15.6. The third kappa shape index (κ3) is 8.90. The first-order valence-electron chi connectivity index (χ1n) is 17.3. The maximum Gasteiger partial charge on any atom is 0.354 e. The summed E-state index contributed by atoms with van der Waals surface area (Å²) in [5, 5.41) is 4.87. The molecule has 0 aliphatic carbocycles. The van der Waals surface area contributed by atoms with Crippen molar-refractivity contribution in [2.75, 3.05) is 39.3 Å². The molecule has 14 heteroatoms. The lowest BCUT2D eigenvalue weighted by molar-refractivity contribution is 0.256. The van der Waals surface area contributed by atoms with Gasteiger partial charge in [-0.1, -0.05) is 53.5 Å². The molecular weight excluding hydrogens is 707 g/mol. The number of hydrogen-bond acceptors (Lipinski definition) is 8. The number of benzene rings is 3. The van der Waals surface area contributed by atoms with Crippen LogP contribution in [0.1, 0.15) is 36.8 Å². The molecule has 6 N–H and O–H groups in total. The zero-order chi connectivity index (χ0) is 36.0. The number of nitrogens with two attached hydrogens (primary N) is 2. The quantitative estimate of drug-likeness (QED) is 0.115. The lowest BCUT2D eigenvalue weighted by Gasteiger charge is -2.34. The highest BCUT2D eigenvalue weighted by atomic mass is 35.5. The molecule has 5 aromatic rings. The summed E-state index contributed by atoms with van der Waals surface area (Å²) in [6.07, 6.45) is 5.02. The van der Waals surface area contributed by atoms with E-state index in [1.807, 2.05) is 30.3 Å². The van der Waals surface area contributed by atoms with E-state index in [0.717, 1.165) is 73.3 Å². The average Bonchev–Trinajstić information content (AvgIpc) is 3.56. The Kier molecular flexibility index (Phi) is 12.3. The van der Waals surface area contributed by atoms with Crippen molar-refractivity contribution in [2.24, 2.45) is 11.5 Å². The van der Waals surface area contributed by atoms with Crippen molar-refractivity contribution in [2.45, 2.75) is 49.7 Å². The predicted molar refractivity (Wildman–Crippen MR) is 205 cm³/mol. The number of aromatic nitrogens is 3. The van der Waals surface area contributed by atoms with Crippen molar-refractivity contribution >= 4 is 44.3 Å². The molecule has 0 bridgehead atoms. The number of sulfonamides is 1. The zero-order valence-corrected chi connectivity index (χ0v) is 30.7. The van der Waals surface area contributed by atoms with Gasteiger partial charge in [-0.2, -0.15) is 9.29 Å². The van der Waals surface area contributed by atoms with Gasteiger partial charge < -0.3 is 21.8 Å². The van der Waals surface area contributed by atoms with Crippen LogP contribution in [0.5, 0.6) is 0 Å². The van der Waals surface area contributed by atoms with Gasteiger partial charge in [-0.05, 0) is 124 Å². The third-order valence-electron chi connectivity index (χ3n) is 9.30. The Morgan fingerprint density at radius 3 is 2.16 bits per heavy atom. The van der Waals surface area contributed by atoms with Gasteiger partial charge in [0.05, 0.1) is 20.6 Å². The third-order valence-corrected chi connectivity index (χ3v) is 11.9. The highest BCUT2D eigenvalue weighted by Gasteiger charge is 2.32. The van der Waals surface area contributed by atoms with Crippen molar-refractivity contribution in [1.82, 2.24) is 29.1 Å². The number of halogens is 2. The Hall–Kier alpha value is -3.59. The minimum atomic E-state index is -3.86. The average molecular weight is 752 g/mol. The summed E-state index contributed by atoms with van der Waals surface area (Å²) >= 11 is 12.4. The normalized spacial score (nSPS) is 14.2. The molecule has 3 heterocycles. The number of hydrogen-bond donors (Lipinski definition) is 4. The van der Waals surface area contributed by atoms with E-state index in [1.54, 1.807) is 53.0 Å². The lowest BCUT2D eigenvalue weighted by atomic mass is 10.1. The Balaban J connectivity index is 1.21. The van der Waals surface area contributed by atoms with Gasteiger partial charge in [0, 0.05) is 36.4 Å². The smallest absolute Gasteiger partial charge is 0.339 e. The van der Waals surface area contributed by atoms with E-state index in [9.17, 15) is 13.2 Å². The molecule has 6 rings (SSSR count). The summed E-state index contributed by atoms with van der Waals surface area (Å²) in [4.78, 5) is 23.2. The van der Waals surface area contributed by atoms with E-state index in [1.165, 1.54) is 4.57 Å². The molecular formula is C37H44Cl2N8O3S.